The fourth-order valence-electron chi connectivity index (χ4n) is 5.21. The molecule has 0 aliphatic heterocycles. The molecule has 16 heteroatoms. The number of unbranched alkanes of at least 4 members (excludes halogenated alkanes) is 1. The molecule has 0 spiro atoms. The van der Waals surface area contributed by atoms with Crippen LogP contribution in [0.4, 0.5) is 0 Å². The molecule has 0 bridgehead atoms. The van der Waals surface area contributed by atoms with Crippen LogP contribution in [-0.2, 0) is 25.7 Å². The molecule has 0 radical (unpaired) electrons. The Kier molecular flexibility index (Phi) is 12.0. The molecule has 5 rings (SSSR count). The zero-order valence-corrected chi connectivity index (χ0v) is 30.1. The lowest BCUT2D eigenvalue weighted by Crippen LogP contribution is -2.42. The molecular formula is C36H43N9O7. The van der Waals surface area contributed by atoms with E-state index in [4.69, 9.17) is 19.0 Å². The van der Waals surface area contributed by atoms with Crippen LogP contribution in [0.5, 0.6) is 6.01 Å². The van der Waals surface area contributed by atoms with Crippen LogP contribution in [0, 0.1) is 5.21 Å². The molecule has 0 saturated carbocycles. The number of carbonyl (C=O) groups is 2. The first-order valence-corrected chi connectivity index (χ1v) is 16.9. The van der Waals surface area contributed by atoms with E-state index < -0.39 is 23.8 Å². The number of nitrogens with zero attached hydrogens (tertiary/aromatic N) is 8. The molecule has 3 aromatic carbocycles. The van der Waals surface area contributed by atoms with E-state index in [2.05, 4.69) is 30.9 Å². The summed E-state index contributed by atoms with van der Waals surface area (Å²) in [6.07, 6.45) is -0.192. The number of rotatable bonds is 16. The van der Waals surface area contributed by atoms with Gasteiger partial charge >= 0.3 is 11.9 Å². The van der Waals surface area contributed by atoms with Gasteiger partial charge in [-0.1, -0.05) is 54.6 Å². The number of H-pyrrole nitrogens is 1. The number of hydrogen-bond acceptors (Lipinski definition) is 12. The van der Waals surface area contributed by atoms with Crippen molar-refractivity contribution in [1.82, 2.24) is 35.2 Å². The van der Waals surface area contributed by atoms with E-state index >= 15 is 0 Å². The summed E-state index contributed by atoms with van der Waals surface area (Å²) in [5, 5.41) is 31.3. The summed E-state index contributed by atoms with van der Waals surface area (Å²) in [5.41, 5.74) is 4.61. The second-order valence-corrected chi connectivity index (χ2v) is 12.8. The maximum atomic E-state index is 13.5. The van der Waals surface area contributed by atoms with E-state index in [0.717, 1.165) is 22.3 Å². The molecule has 1 unspecified atom stereocenters. The van der Waals surface area contributed by atoms with Gasteiger partial charge in [-0.05, 0) is 74.6 Å². The zero-order chi connectivity index (χ0) is 37.3. The second kappa shape index (κ2) is 16.8. The van der Waals surface area contributed by atoms with Crippen molar-refractivity contribution >= 4 is 23.0 Å². The quantitative estimate of drug-likeness (QED) is 0.0311. The van der Waals surface area contributed by atoms with Crippen LogP contribution in [0.3, 0.4) is 0 Å². The fourth-order valence-corrected chi connectivity index (χ4v) is 5.21. The Labute approximate surface area is 300 Å². The third-order valence-corrected chi connectivity index (χ3v) is 8.14. The summed E-state index contributed by atoms with van der Waals surface area (Å²) in [5.74, 6) is -0.720. The van der Waals surface area contributed by atoms with Gasteiger partial charge in [0.15, 0.2) is 0 Å². The molecule has 1 atom stereocenters. The number of benzene rings is 3. The predicted octanol–water partition coefficient (Wildman–Crippen LogP) is 6.09. The topological polar surface area (TPSA) is 185 Å². The van der Waals surface area contributed by atoms with Crippen molar-refractivity contribution < 1.29 is 33.6 Å². The summed E-state index contributed by atoms with van der Waals surface area (Å²) in [7, 11) is 1.61. The first kappa shape index (κ1) is 37.2. The van der Waals surface area contributed by atoms with Gasteiger partial charge in [0, 0.05) is 18.9 Å². The Bertz CT molecular complexity index is 1990. The number of hydrogen-bond donors (Lipinski definition) is 1. The highest BCUT2D eigenvalue weighted by Crippen LogP contribution is 2.31. The van der Waals surface area contributed by atoms with E-state index in [9.17, 15) is 14.8 Å². The Morgan fingerprint density at radius 1 is 1.02 bits per heavy atom. The van der Waals surface area contributed by atoms with Crippen molar-refractivity contribution in [1.29, 1.82) is 0 Å². The van der Waals surface area contributed by atoms with Crippen molar-refractivity contribution in [3.63, 3.8) is 0 Å². The third kappa shape index (κ3) is 9.18. The predicted molar refractivity (Wildman–Crippen MR) is 189 cm³/mol. The van der Waals surface area contributed by atoms with Crippen LogP contribution >= 0.6 is 0 Å². The van der Waals surface area contributed by atoms with Crippen LogP contribution in [0.2, 0.25) is 0 Å². The van der Waals surface area contributed by atoms with Crippen LogP contribution in [0.1, 0.15) is 69.8 Å². The van der Waals surface area contributed by atoms with Crippen molar-refractivity contribution in [2.24, 2.45) is 5.28 Å². The molecule has 16 nitrogen and oxygen atoms in total. The standard InChI is InChI=1S/C36H43N9O7/c1-7-49-35-37-30-16-12-15-29(34(47)52-24(2)51-31(46)17-10-11-22-50-42-45(48)43(6)36(3,4)5)32(30)44(35)23-25-18-20-26(21-19-25)27-13-8-9-14-28(27)33-38-40-41-39-33/h8-9,12-16,18-21,24H,7,10-11,17,22-23H2,1-6H3,(H,38,39,40,41)/b45-42-. The van der Waals surface area contributed by atoms with Gasteiger partial charge in [-0.2, -0.15) is 10.2 Å². The van der Waals surface area contributed by atoms with Crippen molar-refractivity contribution in [2.75, 3.05) is 20.3 Å². The maximum Gasteiger partial charge on any atom is 0.343 e. The highest BCUT2D eigenvalue weighted by Gasteiger charge is 2.25. The largest absolute Gasteiger partial charge is 0.569 e. The molecule has 0 saturated heterocycles. The van der Waals surface area contributed by atoms with Gasteiger partial charge in [-0.3, -0.25) is 9.36 Å². The lowest BCUT2D eigenvalue weighted by molar-refractivity contribution is -0.719. The van der Waals surface area contributed by atoms with Crippen LogP contribution in [0.15, 0.2) is 72.0 Å². The smallest absolute Gasteiger partial charge is 0.343 e. The number of carbonyl (C=O) groups excluding carboxylic acids is 2. The van der Waals surface area contributed by atoms with Gasteiger partial charge in [-0.15, -0.1) is 15.2 Å². The van der Waals surface area contributed by atoms with Gasteiger partial charge in [-0.25, -0.2) is 4.79 Å². The number of aromatic amines is 1. The van der Waals surface area contributed by atoms with Gasteiger partial charge in [0.1, 0.15) is 6.61 Å². The number of para-hydroxylation sites is 1. The Hall–Kier alpha value is -6.06. The molecule has 274 valence electrons. The second-order valence-electron chi connectivity index (χ2n) is 12.8. The molecule has 0 amide bonds. The number of ether oxygens (including phenoxy) is 3. The highest BCUT2D eigenvalue weighted by atomic mass is 16.7. The Morgan fingerprint density at radius 3 is 2.46 bits per heavy atom. The number of nitrogens with one attached hydrogen (secondary N) is 1. The van der Waals surface area contributed by atoms with E-state index in [1.807, 2.05) is 80.8 Å². The minimum atomic E-state index is -1.14. The van der Waals surface area contributed by atoms with E-state index in [1.54, 1.807) is 25.2 Å². The van der Waals surface area contributed by atoms with Gasteiger partial charge < -0.3 is 24.3 Å². The summed E-state index contributed by atoms with van der Waals surface area (Å²) >= 11 is 0. The van der Waals surface area contributed by atoms with E-state index in [1.165, 1.54) is 11.9 Å². The zero-order valence-electron chi connectivity index (χ0n) is 30.1. The van der Waals surface area contributed by atoms with Crippen LogP contribution in [0.25, 0.3) is 33.5 Å². The fraction of sp³-hybridized carbons (Fsp3) is 0.389. The van der Waals surface area contributed by atoms with E-state index in [0.29, 0.717) is 53.8 Å². The van der Waals surface area contributed by atoms with Gasteiger partial charge in [0.25, 0.3) is 6.01 Å². The lowest BCUT2D eigenvalue weighted by Gasteiger charge is -2.26. The molecule has 52 heavy (non-hydrogen) atoms. The molecule has 0 aliphatic rings. The summed E-state index contributed by atoms with van der Waals surface area (Å²) < 4.78 is 18.6. The minimum Gasteiger partial charge on any atom is -0.569 e. The number of imidazole rings is 1. The number of esters is 2. The average molecular weight is 714 g/mol. The van der Waals surface area contributed by atoms with Crippen LogP contribution < -0.4 is 4.74 Å². The SMILES string of the molecule is CCOc1nc2cccc(C(=O)OC(C)OC(=O)CCCCO/N=[N+](\[O-])N(C)C(C)(C)C)c2n1Cc1ccc(-c2ccccc2-c2nn[nH]n2)cc1. The summed E-state index contributed by atoms with van der Waals surface area (Å²) in [6.45, 7) is 9.82. The Balaban J connectivity index is 1.22. The molecule has 0 aliphatic carbocycles. The number of aromatic nitrogens is 6. The first-order chi connectivity index (χ1) is 25.0. The number of tetrazole rings is 1. The molecule has 2 heterocycles. The number of fused-ring (bicyclic) bond motifs is 1. The summed E-state index contributed by atoms with van der Waals surface area (Å²) in [6, 6.07) is 21.3. The lowest BCUT2D eigenvalue weighted by atomic mass is 9.98. The number of hydrazine groups is 1. The van der Waals surface area contributed by atoms with E-state index in [-0.39, 0.29) is 18.6 Å². The normalized spacial score (nSPS) is 12.4. The first-order valence-electron chi connectivity index (χ1n) is 16.9. The third-order valence-electron chi connectivity index (χ3n) is 8.14. The molecule has 0 fully saturated rings. The van der Waals surface area contributed by atoms with Crippen molar-refractivity contribution in [3.8, 4) is 28.5 Å². The van der Waals surface area contributed by atoms with Gasteiger partial charge in [0.05, 0.1) is 47.3 Å². The Morgan fingerprint density at radius 2 is 1.77 bits per heavy atom. The monoisotopic (exact) mass is 713 g/mol. The molecule has 1 N–H and O–H groups in total. The summed E-state index contributed by atoms with van der Waals surface area (Å²) in [4.78, 5) is 36.0. The van der Waals surface area contributed by atoms with Crippen molar-refractivity contribution in [2.45, 2.75) is 72.3 Å². The molecular weight excluding hydrogens is 670 g/mol. The highest BCUT2D eigenvalue weighted by molar-refractivity contribution is 6.02. The molecule has 2 aromatic heterocycles. The minimum absolute atomic E-state index is 0.0653. The maximum absolute atomic E-state index is 13.5. The average Bonchev–Trinajstić information content (AvgIpc) is 3.78. The van der Waals surface area contributed by atoms with Crippen LogP contribution in [-0.4, -0.2) is 84.2 Å². The van der Waals surface area contributed by atoms with Crippen molar-refractivity contribution in [3.05, 3.63) is 83.1 Å². The van der Waals surface area contributed by atoms with Gasteiger partial charge in [0.2, 0.25) is 17.4 Å². The molecule has 5 aromatic rings.